The first kappa shape index (κ1) is 12.2. The summed E-state index contributed by atoms with van der Waals surface area (Å²) in [5, 5.41) is 4.11. The second-order valence-electron chi connectivity index (χ2n) is 4.67. The van der Waals surface area contributed by atoms with Crippen LogP contribution in [0.15, 0.2) is 18.3 Å². The van der Waals surface area contributed by atoms with Gasteiger partial charge in [0.15, 0.2) is 17.5 Å². The van der Waals surface area contributed by atoms with Gasteiger partial charge in [0, 0.05) is 30.2 Å². The molecule has 0 radical (unpaired) electrons. The fourth-order valence-corrected chi connectivity index (χ4v) is 2.21. The molecule has 3 nitrogen and oxygen atoms in total. The van der Waals surface area contributed by atoms with Crippen LogP contribution in [0.25, 0.3) is 5.69 Å². The molecular formula is C13H12F3N3. The van der Waals surface area contributed by atoms with Gasteiger partial charge in [-0.2, -0.15) is 5.10 Å². The van der Waals surface area contributed by atoms with Crippen molar-refractivity contribution >= 4 is 0 Å². The zero-order chi connectivity index (χ0) is 13.6. The van der Waals surface area contributed by atoms with E-state index in [4.69, 9.17) is 5.73 Å². The Morgan fingerprint density at radius 3 is 2.37 bits per heavy atom. The van der Waals surface area contributed by atoms with Crippen molar-refractivity contribution in [2.24, 2.45) is 5.73 Å². The number of benzene rings is 1. The van der Waals surface area contributed by atoms with E-state index in [0.717, 1.165) is 36.2 Å². The molecule has 6 heteroatoms. The minimum Gasteiger partial charge on any atom is -0.326 e. The van der Waals surface area contributed by atoms with Crippen molar-refractivity contribution < 1.29 is 13.2 Å². The third kappa shape index (κ3) is 2.02. The second-order valence-corrected chi connectivity index (χ2v) is 4.67. The van der Waals surface area contributed by atoms with Gasteiger partial charge in [0.05, 0.1) is 17.6 Å². The lowest BCUT2D eigenvalue weighted by atomic mass is 10.1. The van der Waals surface area contributed by atoms with Gasteiger partial charge in [-0.05, 0) is 12.8 Å². The van der Waals surface area contributed by atoms with Crippen LogP contribution in [0.5, 0.6) is 0 Å². The maximum Gasteiger partial charge on any atom is 0.194 e. The molecule has 1 heterocycles. The third-order valence-electron chi connectivity index (χ3n) is 3.28. The van der Waals surface area contributed by atoms with Gasteiger partial charge < -0.3 is 5.73 Å². The molecule has 1 aliphatic carbocycles. The Balaban J connectivity index is 2.14. The Morgan fingerprint density at radius 1 is 1.21 bits per heavy atom. The van der Waals surface area contributed by atoms with Crippen molar-refractivity contribution in [2.45, 2.75) is 25.3 Å². The molecule has 1 aliphatic rings. The molecule has 1 fully saturated rings. The number of rotatable bonds is 3. The molecule has 1 aromatic heterocycles. The molecule has 0 bridgehead atoms. The zero-order valence-corrected chi connectivity index (χ0v) is 10.0. The molecule has 0 unspecified atom stereocenters. The van der Waals surface area contributed by atoms with Crippen molar-refractivity contribution in [1.29, 1.82) is 0 Å². The molecule has 1 saturated carbocycles. The van der Waals surface area contributed by atoms with Crippen LogP contribution in [0, 0.1) is 17.5 Å². The Hall–Kier alpha value is -1.82. The van der Waals surface area contributed by atoms with Gasteiger partial charge in [-0.25, -0.2) is 17.9 Å². The van der Waals surface area contributed by atoms with E-state index in [1.54, 1.807) is 6.20 Å². The summed E-state index contributed by atoms with van der Waals surface area (Å²) in [4.78, 5) is 0. The predicted molar refractivity (Wildman–Crippen MR) is 63.3 cm³/mol. The summed E-state index contributed by atoms with van der Waals surface area (Å²) in [7, 11) is 0. The second kappa shape index (κ2) is 4.38. The topological polar surface area (TPSA) is 43.8 Å². The van der Waals surface area contributed by atoms with E-state index in [1.165, 1.54) is 4.68 Å². The summed E-state index contributed by atoms with van der Waals surface area (Å²) in [5.74, 6) is -3.59. The molecule has 0 amide bonds. The number of nitrogens with zero attached hydrogens (tertiary/aromatic N) is 2. The summed E-state index contributed by atoms with van der Waals surface area (Å²) >= 11 is 0. The summed E-state index contributed by atoms with van der Waals surface area (Å²) in [5.41, 5.74) is 7.53. The van der Waals surface area contributed by atoms with E-state index in [1.807, 2.05) is 0 Å². The fraction of sp³-hybridized carbons (Fsp3) is 0.308. The van der Waals surface area contributed by atoms with Crippen LogP contribution in [-0.4, -0.2) is 9.78 Å². The first-order chi connectivity index (χ1) is 9.11. The van der Waals surface area contributed by atoms with Crippen molar-refractivity contribution in [2.75, 3.05) is 0 Å². The Morgan fingerprint density at radius 2 is 1.84 bits per heavy atom. The van der Waals surface area contributed by atoms with Gasteiger partial charge in [-0.15, -0.1) is 0 Å². The standard InChI is InChI=1S/C13H12F3N3/c14-10-3-9(4-11(15)12(10)16)19-13(7-1-2-7)8(5-17)6-18-19/h3-4,6-7H,1-2,5,17H2. The molecule has 0 atom stereocenters. The van der Waals surface area contributed by atoms with Crippen molar-refractivity contribution in [1.82, 2.24) is 9.78 Å². The molecule has 0 spiro atoms. The molecule has 0 aliphatic heterocycles. The van der Waals surface area contributed by atoms with E-state index in [-0.39, 0.29) is 5.69 Å². The summed E-state index contributed by atoms with van der Waals surface area (Å²) in [6, 6.07) is 1.88. The van der Waals surface area contributed by atoms with Gasteiger partial charge in [0.2, 0.25) is 0 Å². The maximum absolute atomic E-state index is 13.3. The minimum absolute atomic E-state index is 0.179. The molecule has 2 aromatic rings. The summed E-state index contributed by atoms with van der Waals surface area (Å²) in [6.45, 7) is 0.317. The summed E-state index contributed by atoms with van der Waals surface area (Å²) < 4.78 is 41.0. The summed E-state index contributed by atoms with van der Waals surface area (Å²) in [6.07, 6.45) is 3.60. The normalized spacial score (nSPS) is 14.9. The molecule has 0 saturated heterocycles. The lowest BCUT2D eigenvalue weighted by Crippen LogP contribution is -2.06. The fourth-order valence-electron chi connectivity index (χ4n) is 2.21. The average molecular weight is 267 g/mol. The Labute approximate surface area is 107 Å². The molecule has 1 aromatic carbocycles. The van der Waals surface area contributed by atoms with Crippen molar-refractivity contribution in [3.05, 3.63) is 47.0 Å². The largest absolute Gasteiger partial charge is 0.326 e. The highest BCUT2D eigenvalue weighted by molar-refractivity contribution is 5.39. The molecule has 3 rings (SSSR count). The van der Waals surface area contributed by atoms with E-state index in [0.29, 0.717) is 12.5 Å². The highest BCUT2D eigenvalue weighted by Crippen LogP contribution is 2.42. The monoisotopic (exact) mass is 267 g/mol. The SMILES string of the molecule is NCc1cnn(-c2cc(F)c(F)c(F)c2)c1C1CC1. The van der Waals surface area contributed by atoms with Crippen LogP contribution < -0.4 is 5.73 Å². The number of hydrogen-bond donors (Lipinski definition) is 1. The highest BCUT2D eigenvalue weighted by Gasteiger charge is 2.30. The van der Waals surface area contributed by atoms with Crippen LogP contribution >= 0.6 is 0 Å². The lowest BCUT2D eigenvalue weighted by Gasteiger charge is -2.09. The van der Waals surface area contributed by atoms with Crippen molar-refractivity contribution in [3.63, 3.8) is 0 Å². The first-order valence-corrected chi connectivity index (χ1v) is 6.03. The van der Waals surface area contributed by atoms with Crippen LogP contribution in [0.1, 0.15) is 30.0 Å². The number of halogens is 3. The Kier molecular flexibility index (Phi) is 2.82. The number of hydrogen-bond acceptors (Lipinski definition) is 2. The maximum atomic E-state index is 13.3. The first-order valence-electron chi connectivity index (χ1n) is 6.03. The van der Waals surface area contributed by atoms with Crippen LogP contribution in [-0.2, 0) is 6.54 Å². The highest BCUT2D eigenvalue weighted by atomic mass is 19.2. The third-order valence-corrected chi connectivity index (χ3v) is 3.28. The zero-order valence-electron chi connectivity index (χ0n) is 10.0. The number of aromatic nitrogens is 2. The smallest absolute Gasteiger partial charge is 0.194 e. The van der Waals surface area contributed by atoms with E-state index < -0.39 is 17.5 Å². The predicted octanol–water partition coefficient (Wildman–Crippen LogP) is 2.63. The van der Waals surface area contributed by atoms with Crippen LogP contribution in [0.2, 0.25) is 0 Å². The minimum atomic E-state index is -1.47. The van der Waals surface area contributed by atoms with Crippen LogP contribution in [0.3, 0.4) is 0 Å². The molecule has 19 heavy (non-hydrogen) atoms. The molecule has 100 valence electrons. The average Bonchev–Trinajstić information content (AvgIpc) is 3.14. The van der Waals surface area contributed by atoms with Gasteiger partial charge in [-0.1, -0.05) is 0 Å². The number of nitrogens with two attached hydrogens (primary N) is 1. The van der Waals surface area contributed by atoms with E-state index >= 15 is 0 Å². The molecule has 2 N–H and O–H groups in total. The van der Waals surface area contributed by atoms with Crippen molar-refractivity contribution in [3.8, 4) is 5.69 Å². The van der Waals surface area contributed by atoms with Gasteiger partial charge >= 0.3 is 0 Å². The van der Waals surface area contributed by atoms with Crippen LogP contribution in [0.4, 0.5) is 13.2 Å². The van der Waals surface area contributed by atoms with E-state index in [9.17, 15) is 13.2 Å². The quantitative estimate of drug-likeness (QED) is 0.869. The van der Waals surface area contributed by atoms with Gasteiger partial charge in [-0.3, -0.25) is 0 Å². The molecular weight excluding hydrogens is 255 g/mol. The van der Waals surface area contributed by atoms with Gasteiger partial charge in [0.1, 0.15) is 0 Å². The lowest BCUT2D eigenvalue weighted by molar-refractivity contribution is 0.445. The van der Waals surface area contributed by atoms with Gasteiger partial charge in [0.25, 0.3) is 0 Å². The van der Waals surface area contributed by atoms with E-state index in [2.05, 4.69) is 5.10 Å². The Bertz CT molecular complexity index is 609.